The van der Waals surface area contributed by atoms with Crippen molar-refractivity contribution in [2.75, 3.05) is 19.8 Å². The van der Waals surface area contributed by atoms with Gasteiger partial charge in [-0.3, -0.25) is 4.79 Å². The maximum absolute atomic E-state index is 12.2. The van der Waals surface area contributed by atoms with Crippen LogP contribution in [0.5, 0.6) is 17.2 Å². The molecule has 0 bridgehead atoms. The van der Waals surface area contributed by atoms with Crippen LogP contribution in [0.25, 0.3) is 0 Å². The molecule has 0 saturated carbocycles. The van der Waals surface area contributed by atoms with Gasteiger partial charge in [-0.15, -0.1) is 0 Å². The lowest BCUT2D eigenvalue weighted by Gasteiger charge is -2.21. The number of benzene rings is 2. The first-order chi connectivity index (χ1) is 12.4. The number of ether oxygens (including phenoxy) is 3. The smallest absolute Gasteiger partial charge is 0.258 e. The van der Waals surface area contributed by atoms with Crippen molar-refractivity contribution in [2.45, 2.75) is 26.8 Å². The third kappa shape index (κ3) is 4.22. The maximum Gasteiger partial charge on any atom is 0.258 e. The lowest BCUT2D eigenvalue weighted by atomic mass is 10.1. The van der Waals surface area contributed by atoms with Gasteiger partial charge in [-0.25, -0.2) is 0 Å². The van der Waals surface area contributed by atoms with E-state index in [2.05, 4.69) is 5.32 Å². The number of hydrogen-bond acceptors (Lipinski definition) is 4. The molecule has 6 heteroatoms. The van der Waals surface area contributed by atoms with Crippen LogP contribution in [0, 0.1) is 13.8 Å². The molecule has 0 aliphatic carbocycles. The molecular weight excluding hydrogens is 354 g/mol. The van der Waals surface area contributed by atoms with Crippen LogP contribution in [0.4, 0.5) is 0 Å². The molecule has 1 aliphatic rings. The molecular formula is C20H22ClNO4. The lowest BCUT2D eigenvalue weighted by molar-refractivity contribution is -0.123. The Kier molecular flexibility index (Phi) is 5.57. The number of hydrogen-bond donors (Lipinski definition) is 1. The van der Waals surface area contributed by atoms with Gasteiger partial charge in [0.15, 0.2) is 18.1 Å². The molecule has 2 aromatic carbocycles. The standard InChI is InChI=1S/C20H22ClNO4/c1-12-8-16(9-13(2)20(12)21)26-11-19(23)22-14(3)15-4-5-17-18(10-15)25-7-6-24-17/h4-5,8-10,14H,6-7,11H2,1-3H3,(H,22,23). The monoisotopic (exact) mass is 375 g/mol. The van der Waals surface area contributed by atoms with Crippen LogP contribution < -0.4 is 19.5 Å². The number of nitrogens with one attached hydrogen (secondary N) is 1. The highest BCUT2D eigenvalue weighted by Gasteiger charge is 2.16. The van der Waals surface area contributed by atoms with Crippen molar-refractivity contribution < 1.29 is 19.0 Å². The molecule has 1 aliphatic heterocycles. The van der Waals surface area contributed by atoms with Crippen LogP contribution >= 0.6 is 11.6 Å². The van der Waals surface area contributed by atoms with Gasteiger partial charge in [0.25, 0.3) is 5.91 Å². The number of carbonyl (C=O) groups excluding carboxylic acids is 1. The fourth-order valence-corrected chi connectivity index (χ4v) is 2.94. The summed E-state index contributed by atoms with van der Waals surface area (Å²) >= 11 is 6.15. The summed E-state index contributed by atoms with van der Waals surface area (Å²) in [7, 11) is 0. The predicted molar refractivity (Wildman–Crippen MR) is 100 cm³/mol. The summed E-state index contributed by atoms with van der Waals surface area (Å²) in [6, 6.07) is 9.16. The van der Waals surface area contributed by atoms with Gasteiger partial charge in [0.2, 0.25) is 0 Å². The predicted octanol–water partition coefficient (Wildman–Crippen LogP) is 3.98. The minimum Gasteiger partial charge on any atom is -0.486 e. The zero-order valence-electron chi connectivity index (χ0n) is 15.1. The van der Waals surface area contributed by atoms with E-state index in [1.54, 1.807) is 0 Å². The van der Waals surface area contributed by atoms with Gasteiger partial charge in [0, 0.05) is 5.02 Å². The van der Waals surface area contributed by atoms with Gasteiger partial charge in [0.1, 0.15) is 19.0 Å². The normalized spacial score (nSPS) is 13.8. The van der Waals surface area contributed by atoms with Crippen molar-refractivity contribution in [1.29, 1.82) is 0 Å². The van der Waals surface area contributed by atoms with Crippen molar-refractivity contribution in [1.82, 2.24) is 5.32 Å². The van der Waals surface area contributed by atoms with Gasteiger partial charge in [-0.05, 0) is 61.7 Å². The van der Waals surface area contributed by atoms with E-state index in [-0.39, 0.29) is 18.6 Å². The van der Waals surface area contributed by atoms with Gasteiger partial charge in [0.05, 0.1) is 6.04 Å². The zero-order valence-corrected chi connectivity index (χ0v) is 15.9. The summed E-state index contributed by atoms with van der Waals surface area (Å²) in [5.41, 5.74) is 2.79. The Morgan fingerprint density at radius 2 is 1.81 bits per heavy atom. The fraction of sp³-hybridized carbons (Fsp3) is 0.350. The minimum atomic E-state index is -0.197. The molecule has 1 amide bonds. The minimum absolute atomic E-state index is 0.0601. The van der Waals surface area contributed by atoms with Gasteiger partial charge < -0.3 is 19.5 Å². The van der Waals surface area contributed by atoms with Crippen LogP contribution in [-0.2, 0) is 4.79 Å². The molecule has 2 aromatic rings. The topological polar surface area (TPSA) is 56.8 Å². The van der Waals surface area contributed by atoms with E-state index in [4.69, 9.17) is 25.8 Å². The number of amides is 1. The van der Waals surface area contributed by atoms with E-state index in [1.165, 1.54) is 0 Å². The largest absolute Gasteiger partial charge is 0.486 e. The van der Waals surface area contributed by atoms with E-state index < -0.39 is 0 Å². The number of fused-ring (bicyclic) bond motifs is 1. The van der Waals surface area contributed by atoms with Crippen molar-refractivity contribution >= 4 is 17.5 Å². The molecule has 5 nitrogen and oxygen atoms in total. The number of aryl methyl sites for hydroxylation is 2. The quantitative estimate of drug-likeness (QED) is 0.858. The summed E-state index contributed by atoms with van der Waals surface area (Å²) < 4.78 is 16.7. The van der Waals surface area contributed by atoms with E-state index in [1.807, 2.05) is 51.1 Å². The number of halogens is 1. The second-order valence-electron chi connectivity index (χ2n) is 6.35. The SMILES string of the molecule is Cc1cc(OCC(=O)NC(C)c2ccc3c(c2)OCCO3)cc(C)c1Cl. The summed E-state index contributed by atoms with van der Waals surface area (Å²) in [5, 5.41) is 3.64. The number of rotatable bonds is 5. The molecule has 1 N–H and O–H groups in total. The Morgan fingerprint density at radius 3 is 2.50 bits per heavy atom. The maximum atomic E-state index is 12.2. The lowest BCUT2D eigenvalue weighted by Crippen LogP contribution is -2.31. The summed E-state index contributed by atoms with van der Waals surface area (Å²) in [6.45, 7) is 6.76. The highest BCUT2D eigenvalue weighted by molar-refractivity contribution is 6.32. The Labute approximate surface area is 158 Å². The highest BCUT2D eigenvalue weighted by Crippen LogP contribution is 2.32. The molecule has 0 radical (unpaired) electrons. The first-order valence-electron chi connectivity index (χ1n) is 8.52. The third-order valence-corrected chi connectivity index (χ3v) is 4.82. The summed E-state index contributed by atoms with van der Waals surface area (Å²) in [5.74, 6) is 1.87. The van der Waals surface area contributed by atoms with Crippen molar-refractivity contribution in [3.8, 4) is 17.2 Å². The summed E-state index contributed by atoms with van der Waals surface area (Å²) in [4.78, 5) is 12.2. The van der Waals surface area contributed by atoms with Crippen molar-refractivity contribution in [3.63, 3.8) is 0 Å². The molecule has 0 fully saturated rings. The second-order valence-corrected chi connectivity index (χ2v) is 6.73. The van der Waals surface area contributed by atoms with E-state index in [0.717, 1.165) is 22.4 Å². The Morgan fingerprint density at radius 1 is 1.15 bits per heavy atom. The first kappa shape index (κ1) is 18.4. The van der Waals surface area contributed by atoms with Gasteiger partial charge >= 0.3 is 0 Å². The van der Waals surface area contributed by atoms with Crippen LogP contribution in [0.3, 0.4) is 0 Å². The zero-order chi connectivity index (χ0) is 18.7. The molecule has 3 rings (SSSR count). The average molecular weight is 376 g/mol. The van der Waals surface area contributed by atoms with E-state index >= 15 is 0 Å². The fourth-order valence-electron chi connectivity index (χ4n) is 2.83. The highest BCUT2D eigenvalue weighted by atomic mass is 35.5. The summed E-state index contributed by atoms with van der Waals surface area (Å²) in [6.07, 6.45) is 0. The van der Waals surface area contributed by atoms with E-state index in [9.17, 15) is 4.79 Å². The molecule has 0 aromatic heterocycles. The van der Waals surface area contributed by atoms with Crippen molar-refractivity contribution in [3.05, 3.63) is 52.0 Å². The first-order valence-corrected chi connectivity index (χ1v) is 8.90. The molecule has 138 valence electrons. The van der Waals surface area contributed by atoms with Crippen LogP contribution in [0.15, 0.2) is 30.3 Å². The molecule has 0 spiro atoms. The molecule has 0 saturated heterocycles. The Bertz CT molecular complexity index is 798. The second kappa shape index (κ2) is 7.87. The molecule has 1 unspecified atom stereocenters. The van der Waals surface area contributed by atoms with Gasteiger partial charge in [-0.2, -0.15) is 0 Å². The number of carbonyl (C=O) groups is 1. The molecule has 1 atom stereocenters. The molecule has 1 heterocycles. The Hall–Kier alpha value is -2.40. The van der Waals surface area contributed by atoms with Crippen molar-refractivity contribution in [2.24, 2.45) is 0 Å². The Balaban J connectivity index is 1.58. The van der Waals surface area contributed by atoms with Crippen LogP contribution in [0.2, 0.25) is 5.02 Å². The van der Waals surface area contributed by atoms with Crippen LogP contribution in [0.1, 0.15) is 29.7 Å². The van der Waals surface area contributed by atoms with Crippen LogP contribution in [-0.4, -0.2) is 25.7 Å². The third-order valence-electron chi connectivity index (χ3n) is 4.22. The van der Waals surface area contributed by atoms with E-state index in [0.29, 0.717) is 29.7 Å². The average Bonchev–Trinajstić information content (AvgIpc) is 2.63. The van der Waals surface area contributed by atoms with Gasteiger partial charge in [-0.1, -0.05) is 17.7 Å². The molecule has 26 heavy (non-hydrogen) atoms.